The number of amides is 2. The fourth-order valence-electron chi connectivity index (χ4n) is 2.52. The maximum absolute atomic E-state index is 12.5. The Morgan fingerprint density at radius 2 is 1.82 bits per heavy atom. The Morgan fingerprint density at radius 3 is 2.39 bits per heavy atom. The van der Waals surface area contributed by atoms with Crippen molar-refractivity contribution in [3.63, 3.8) is 0 Å². The molecule has 0 aliphatic carbocycles. The molecule has 148 valence electrons. The normalized spacial score (nSPS) is 12.1. The third-order valence-electron chi connectivity index (χ3n) is 4.20. The molecule has 0 spiro atoms. The molecular weight excluding hydrogens is 378 g/mol. The van der Waals surface area contributed by atoms with Gasteiger partial charge in [-0.15, -0.1) is 0 Å². The second-order valence-electron chi connectivity index (χ2n) is 6.66. The van der Waals surface area contributed by atoms with Crippen molar-refractivity contribution in [3.05, 3.63) is 64.2 Å². The van der Waals surface area contributed by atoms with Gasteiger partial charge in [0.05, 0.1) is 13.3 Å². The van der Waals surface area contributed by atoms with Crippen molar-refractivity contribution < 1.29 is 14.3 Å². The summed E-state index contributed by atoms with van der Waals surface area (Å²) in [6, 6.07) is 11.3. The molecule has 0 saturated carbocycles. The third kappa shape index (κ3) is 5.82. The lowest BCUT2D eigenvalue weighted by Gasteiger charge is -2.20. The summed E-state index contributed by atoms with van der Waals surface area (Å²) in [4.78, 5) is 24.9. The molecule has 0 heterocycles. The lowest BCUT2D eigenvalue weighted by Crippen LogP contribution is -2.48. The quantitative estimate of drug-likeness (QED) is 0.550. The Bertz CT molecular complexity index is 864. The van der Waals surface area contributed by atoms with E-state index in [0.717, 1.165) is 16.9 Å². The van der Waals surface area contributed by atoms with E-state index in [1.165, 1.54) is 0 Å². The molecule has 1 atom stereocenters. The predicted octanol–water partition coefficient (Wildman–Crippen LogP) is 3.56. The summed E-state index contributed by atoms with van der Waals surface area (Å²) in [5.74, 6) is -0.0992. The van der Waals surface area contributed by atoms with Crippen LogP contribution in [-0.2, 0) is 4.79 Å². The molecule has 2 N–H and O–H groups in total. The number of hydrogen-bond donors (Lipinski definition) is 2. The van der Waals surface area contributed by atoms with E-state index in [1.807, 2.05) is 39.0 Å². The highest BCUT2D eigenvalue weighted by Crippen LogP contribution is 2.15. The molecule has 0 bridgehead atoms. The fraction of sp³-hybridized carbons (Fsp3) is 0.286. The number of hydrazone groups is 1. The minimum atomic E-state index is -0.725. The van der Waals surface area contributed by atoms with E-state index < -0.39 is 6.04 Å². The number of nitrogens with zero attached hydrogens (tertiary/aromatic N) is 1. The molecule has 28 heavy (non-hydrogen) atoms. The number of ether oxygens (including phenoxy) is 1. The summed E-state index contributed by atoms with van der Waals surface area (Å²) in [7, 11) is 1.60. The molecule has 0 radical (unpaired) electrons. The number of nitrogens with one attached hydrogen (secondary N) is 2. The number of carbonyl (C=O) groups is 2. The van der Waals surface area contributed by atoms with E-state index in [2.05, 4.69) is 15.8 Å². The Morgan fingerprint density at radius 1 is 1.14 bits per heavy atom. The van der Waals surface area contributed by atoms with Crippen LogP contribution in [-0.4, -0.2) is 31.2 Å². The smallest absolute Gasteiger partial charge is 0.262 e. The molecule has 0 fully saturated rings. The number of benzene rings is 2. The van der Waals surface area contributed by atoms with Crippen LogP contribution in [0.4, 0.5) is 0 Å². The maximum Gasteiger partial charge on any atom is 0.262 e. The van der Waals surface area contributed by atoms with Crippen molar-refractivity contribution in [1.29, 1.82) is 0 Å². The zero-order chi connectivity index (χ0) is 20.7. The van der Waals surface area contributed by atoms with Gasteiger partial charge in [0.25, 0.3) is 11.8 Å². The molecule has 2 aromatic rings. The molecule has 7 heteroatoms. The SMILES string of the molecule is COc1ccc(/C=N/NC(=O)C(NC(=O)c2ccc(Cl)cc2)C(C)C)c(C)c1. The van der Waals surface area contributed by atoms with Gasteiger partial charge < -0.3 is 10.1 Å². The van der Waals surface area contributed by atoms with Crippen molar-refractivity contribution in [2.75, 3.05) is 7.11 Å². The minimum absolute atomic E-state index is 0.117. The molecule has 1 unspecified atom stereocenters. The number of hydrogen-bond acceptors (Lipinski definition) is 4. The maximum atomic E-state index is 12.5. The van der Waals surface area contributed by atoms with Crippen LogP contribution in [0.15, 0.2) is 47.6 Å². The summed E-state index contributed by atoms with van der Waals surface area (Å²) in [5.41, 5.74) is 4.75. The summed E-state index contributed by atoms with van der Waals surface area (Å²) in [6.45, 7) is 5.63. The summed E-state index contributed by atoms with van der Waals surface area (Å²) in [6.07, 6.45) is 1.56. The Hall–Kier alpha value is -2.86. The predicted molar refractivity (Wildman–Crippen MR) is 111 cm³/mol. The lowest BCUT2D eigenvalue weighted by atomic mass is 10.0. The van der Waals surface area contributed by atoms with Crippen LogP contribution in [0.5, 0.6) is 5.75 Å². The van der Waals surface area contributed by atoms with E-state index in [0.29, 0.717) is 10.6 Å². The number of methoxy groups -OCH3 is 1. The monoisotopic (exact) mass is 401 g/mol. The highest BCUT2D eigenvalue weighted by atomic mass is 35.5. The number of aryl methyl sites for hydroxylation is 1. The van der Waals surface area contributed by atoms with Crippen LogP contribution in [0.3, 0.4) is 0 Å². The van der Waals surface area contributed by atoms with Crippen LogP contribution >= 0.6 is 11.6 Å². The average molecular weight is 402 g/mol. The second kappa shape index (κ2) is 9.90. The zero-order valence-corrected chi connectivity index (χ0v) is 17.1. The Labute approximate surface area is 169 Å². The van der Waals surface area contributed by atoms with Crippen LogP contribution in [0.2, 0.25) is 5.02 Å². The first kappa shape index (κ1) is 21.4. The number of rotatable bonds is 7. The van der Waals surface area contributed by atoms with Crippen LogP contribution in [0, 0.1) is 12.8 Å². The van der Waals surface area contributed by atoms with Crippen LogP contribution in [0.1, 0.15) is 35.3 Å². The van der Waals surface area contributed by atoms with Crippen LogP contribution in [0.25, 0.3) is 0 Å². The van der Waals surface area contributed by atoms with Crippen molar-refractivity contribution in [3.8, 4) is 5.75 Å². The van der Waals surface area contributed by atoms with Gasteiger partial charge in [0.15, 0.2) is 0 Å². The largest absolute Gasteiger partial charge is 0.497 e. The van der Waals surface area contributed by atoms with Gasteiger partial charge in [-0.1, -0.05) is 25.4 Å². The van der Waals surface area contributed by atoms with E-state index in [9.17, 15) is 9.59 Å². The summed E-state index contributed by atoms with van der Waals surface area (Å²) in [5, 5.41) is 7.30. The Balaban J connectivity index is 2.02. The van der Waals surface area contributed by atoms with E-state index >= 15 is 0 Å². The topological polar surface area (TPSA) is 79.8 Å². The zero-order valence-electron chi connectivity index (χ0n) is 16.3. The first-order chi connectivity index (χ1) is 13.3. The molecule has 6 nitrogen and oxygen atoms in total. The van der Waals surface area contributed by atoms with Gasteiger partial charge in [0.2, 0.25) is 0 Å². The van der Waals surface area contributed by atoms with Crippen molar-refractivity contribution in [2.45, 2.75) is 26.8 Å². The van der Waals surface area contributed by atoms with Gasteiger partial charge in [0.1, 0.15) is 11.8 Å². The molecule has 0 aliphatic heterocycles. The number of carbonyl (C=O) groups excluding carboxylic acids is 2. The third-order valence-corrected chi connectivity index (χ3v) is 4.45. The highest BCUT2D eigenvalue weighted by molar-refractivity contribution is 6.30. The molecule has 0 aromatic heterocycles. The molecule has 0 saturated heterocycles. The van der Waals surface area contributed by atoms with E-state index in [4.69, 9.17) is 16.3 Å². The molecule has 0 aliphatic rings. The second-order valence-corrected chi connectivity index (χ2v) is 7.10. The van der Waals surface area contributed by atoms with Gasteiger partial charge in [-0.3, -0.25) is 9.59 Å². The van der Waals surface area contributed by atoms with Gasteiger partial charge in [-0.05, 0) is 66.4 Å². The standard InChI is InChI=1S/C21H24ClN3O3/c1-13(2)19(24-20(26)15-5-8-17(22)9-6-15)21(27)25-23-12-16-7-10-18(28-4)11-14(16)3/h5-13,19H,1-4H3,(H,24,26)(H,25,27)/b23-12+. The highest BCUT2D eigenvalue weighted by Gasteiger charge is 2.24. The minimum Gasteiger partial charge on any atom is -0.497 e. The molecule has 2 amide bonds. The number of halogens is 1. The van der Waals surface area contributed by atoms with Crippen molar-refractivity contribution in [1.82, 2.24) is 10.7 Å². The average Bonchev–Trinajstić information content (AvgIpc) is 2.67. The van der Waals surface area contributed by atoms with Gasteiger partial charge in [-0.25, -0.2) is 5.43 Å². The molecule has 2 rings (SSSR count). The van der Waals surface area contributed by atoms with Gasteiger partial charge >= 0.3 is 0 Å². The first-order valence-corrected chi connectivity index (χ1v) is 9.23. The van der Waals surface area contributed by atoms with E-state index in [-0.39, 0.29) is 17.7 Å². The molecule has 2 aromatic carbocycles. The lowest BCUT2D eigenvalue weighted by molar-refractivity contribution is -0.123. The van der Waals surface area contributed by atoms with Gasteiger partial charge in [-0.2, -0.15) is 5.10 Å². The Kier molecular flexibility index (Phi) is 7.58. The molecular formula is C21H24ClN3O3. The summed E-state index contributed by atoms with van der Waals surface area (Å²) >= 11 is 5.84. The first-order valence-electron chi connectivity index (χ1n) is 8.85. The van der Waals surface area contributed by atoms with Crippen LogP contribution < -0.4 is 15.5 Å². The van der Waals surface area contributed by atoms with Crippen molar-refractivity contribution >= 4 is 29.6 Å². The summed E-state index contributed by atoms with van der Waals surface area (Å²) < 4.78 is 5.17. The fourth-order valence-corrected chi connectivity index (χ4v) is 2.64. The van der Waals surface area contributed by atoms with E-state index in [1.54, 1.807) is 37.6 Å². The van der Waals surface area contributed by atoms with Gasteiger partial charge in [0, 0.05) is 10.6 Å². The van der Waals surface area contributed by atoms with Crippen molar-refractivity contribution in [2.24, 2.45) is 11.0 Å².